The molecule has 1 fully saturated rings. The van der Waals surface area contributed by atoms with Gasteiger partial charge < -0.3 is 9.73 Å². The van der Waals surface area contributed by atoms with Crippen LogP contribution in [0.2, 0.25) is 0 Å². The molecule has 1 N–H and O–H groups in total. The van der Waals surface area contributed by atoms with Crippen LogP contribution >= 0.6 is 23.5 Å². The fraction of sp³-hybridized carbons (Fsp3) is 0.292. The van der Waals surface area contributed by atoms with E-state index in [-0.39, 0.29) is 9.99 Å². The number of furan rings is 1. The van der Waals surface area contributed by atoms with Crippen LogP contribution in [-0.2, 0) is 10.5 Å². The molecule has 0 bridgehead atoms. The normalized spacial score (nSPS) is 17.2. The van der Waals surface area contributed by atoms with Crippen molar-refractivity contribution >= 4 is 46.5 Å². The fourth-order valence-corrected chi connectivity index (χ4v) is 7.78. The smallest absolute Gasteiger partial charge is 0.291 e. The minimum atomic E-state index is -0.200. The first-order valence-corrected chi connectivity index (χ1v) is 12.4. The van der Waals surface area contributed by atoms with Crippen molar-refractivity contribution in [2.45, 2.75) is 30.3 Å². The molecule has 1 saturated heterocycles. The molecule has 0 unspecified atom stereocenters. The number of carbonyl (C=O) groups is 1. The second-order valence-electron chi connectivity index (χ2n) is 7.69. The lowest BCUT2D eigenvalue weighted by molar-refractivity contribution is 0.0994. The zero-order chi connectivity index (χ0) is 21.3. The van der Waals surface area contributed by atoms with Gasteiger partial charge in [0.2, 0.25) is 0 Å². The molecule has 7 heteroatoms. The van der Waals surface area contributed by atoms with E-state index in [2.05, 4.69) is 15.5 Å². The van der Waals surface area contributed by atoms with Gasteiger partial charge in [-0.3, -0.25) is 4.79 Å². The van der Waals surface area contributed by atoms with Gasteiger partial charge in [-0.05, 0) is 56.2 Å². The number of rotatable bonds is 4. The predicted molar refractivity (Wildman–Crippen MR) is 128 cm³/mol. The Balaban J connectivity index is 1.32. The topological polar surface area (TPSA) is 67.0 Å². The molecule has 5 nitrogen and oxygen atoms in total. The summed E-state index contributed by atoms with van der Waals surface area (Å²) in [6.07, 6.45) is 3.17. The number of carbonyl (C=O) groups excluding carboxylic acids is 1. The van der Waals surface area contributed by atoms with E-state index in [1.54, 1.807) is 0 Å². The van der Waals surface area contributed by atoms with Crippen molar-refractivity contribution < 1.29 is 9.21 Å². The highest BCUT2D eigenvalue weighted by Gasteiger charge is 2.45. The average Bonchev–Trinajstić information content (AvgIpc) is 3.39. The van der Waals surface area contributed by atoms with E-state index in [4.69, 9.17) is 4.42 Å². The minimum absolute atomic E-state index is 0.0745. The molecule has 0 atom stereocenters. The van der Waals surface area contributed by atoms with Gasteiger partial charge >= 0.3 is 0 Å². The van der Waals surface area contributed by atoms with Crippen molar-refractivity contribution in [2.75, 3.05) is 16.8 Å². The number of benzene rings is 2. The van der Waals surface area contributed by atoms with Crippen LogP contribution in [0.5, 0.6) is 0 Å². The highest BCUT2D eigenvalue weighted by Crippen LogP contribution is 2.59. The molecule has 31 heavy (non-hydrogen) atoms. The molecule has 1 aromatic heterocycles. The Morgan fingerprint density at radius 1 is 1.00 bits per heavy atom. The van der Waals surface area contributed by atoms with Crippen LogP contribution in [0.4, 0.5) is 17.1 Å². The lowest BCUT2D eigenvalue weighted by Gasteiger charge is -2.31. The van der Waals surface area contributed by atoms with Gasteiger partial charge in [-0.2, -0.15) is 10.2 Å². The van der Waals surface area contributed by atoms with Crippen LogP contribution in [-0.4, -0.2) is 17.4 Å². The first-order valence-electron chi connectivity index (χ1n) is 10.4. The largest absolute Gasteiger partial charge is 0.455 e. The SMILES string of the molecule is Cc1c(C(=O)Nc2ccc(N=Nc3ccccc3)cc2)oc2c1C1(CCC2)SCCS1. The first kappa shape index (κ1) is 20.4. The maximum atomic E-state index is 13.0. The lowest BCUT2D eigenvalue weighted by atomic mass is 9.94. The zero-order valence-corrected chi connectivity index (χ0v) is 18.9. The van der Waals surface area contributed by atoms with E-state index in [0.717, 1.165) is 53.5 Å². The Morgan fingerprint density at radius 3 is 2.39 bits per heavy atom. The third kappa shape index (κ3) is 4.04. The van der Waals surface area contributed by atoms with Crippen LogP contribution in [0.1, 0.15) is 40.3 Å². The summed E-state index contributed by atoms with van der Waals surface area (Å²) in [7, 11) is 0. The molecule has 1 aliphatic heterocycles. The predicted octanol–water partition coefficient (Wildman–Crippen LogP) is 7.22. The number of fused-ring (bicyclic) bond motifs is 2. The number of thioether (sulfide) groups is 2. The zero-order valence-electron chi connectivity index (χ0n) is 17.3. The van der Waals surface area contributed by atoms with Gasteiger partial charge in [-0.1, -0.05) is 18.2 Å². The van der Waals surface area contributed by atoms with E-state index >= 15 is 0 Å². The van der Waals surface area contributed by atoms with E-state index in [0.29, 0.717) is 11.4 Å². The van der Waals surface area contributed by atoms with Crippen LogP contribution in [0.3, 0.4) is 0 Å². The standard InChI is InChI=1S/C24H23N3O2S2/c1-16-21-20(8-5-13-24(21)30-14-15-31-24)29-22(16)23(28)25-17-9-11-19(12-10-17)27-26-18-6-3-2-4-7-18/h2-4,6-7,9-12H,5,8,13-15H2,1H3,(H,25,28). The average molecular weight is 450 g/mol. The van der Waals surface area contributed by atoms with Gasteiger partial charge in [0.05, 0.1) is 15.5 Å². The first-order chi connectivity index (χ1) is 15.1. The monoisotopic (exact) mass is 449 g/mol. The van der Waals surface area contributed by atoms with Gasteiger partial charge in [0.25, 0.3) is 5.91 Å². The summed E-state index contributed by atoms with van der Waals surface area (Å²) >= 11 is 4.02. The van der Waals surface area contributed by atoms with Crippen molar-refractivity contribution in [1.29, 1.82) is 0 Å². The van der Waals surface area contributed by atoms with E-state index in [9.17, 15) is 4.79 Å². The van der Waals surface area contributed by atoms with Gasteiger partial charge in [0.1, 0.15) is 5.76 Å². The molecule has 2 heterocycles. The Morgan fingerprint density at radius 2 is 1.68 bits per heavy atom. The van der Waals surface area contributed by atoms with Crippen molar-refractivity contribution in [1.82, 2.24) is 0 Å². The third-order valence-corrected chi connectivity index (χ3v) is 9.16. The van der Waals surface area contributed by atoms with E-state index < -0.39 is 0 Å². The molecule has 0 saturated carbocycles. The number of nitrogens with zero attached hydrogens (tertiary/aromatic N) is 2. The summed E-state index contributed by atoms with van der Waals surface area (Å²) in [4.78, 5) is 13.0. The summed E-state index contributed by atoms with van der Waals surface area (Å²) < 4.78 is 6.17. The Hall–Kier alpha value is -2.51. The Kier molecular flexibility index (Phi) is 5.63. The van der Waals surface area contributed by atoms with Crippen LogP contribution in [0.25, 0.3) is 0 Å². The molecule has 0 radical (unpaired) electrons. The highest BCUT2D eigenvalue weighted by atomic mass is 32.2. The molecule has 1 amide bonds. The molecular formula is C24H23N3O2S2. The second-order valence-corrected chi connectivity index (χ2v) is 10.7. The number of hydrogen-bond donors (Lipinski definition) is 1. The van der Waals surface area contributed by atoms with Gasteiger partial charge in [0, 0.05) is 34.7 Å². The maximum Gasteiger partial charge on any atom is 0.291 e. The molecule has 2 aromatic carbocycles. The number of anilines is 1. The number of amides is 1. The number of azo groups is 1. The minimum Gasteiger partial charge on any atom is -0.455 e. The van der Waals surface area contributed by atoms with Gasteiger partial charge in [-0.25, -0.2) is 0 Å². The fourth-order valence-electron chi connectivity index (χ4n) is 4.22. The van der Waals surface area contributed by atoms with E-state index in [1.165, 1.54) is 5.56 Å². The third-order valence-electron chi connectivity index (χ3n) is 5.63. The number of nitrogens with one attached hydrogen (secondary N) is 1. The summed E-state index contributed by atoms with van der Waals surface area (Å²) in [5.74, 6) is 3.54. The molecule has 2 aliphatic rings. The maximum absolute atomic E-state index is 13.0. The van der Waals surface area contributed by atoms with Crippen molar-refractivity contribution in [2.24, 2.45) is 10.2 Å². The van der Waals surface area contributed by atoms with E-state index in [1.807, 2.05) is 85.0 Å². The van der Waals surface area contributed by atoms with Gasteiger partial charge in [-0.15, -0.1) is 23.5 Å². The second kappa shape index (κ2) is 8.55. The van der Waals surface area contributed by atoms with Crippen LogP contribution < -0.4 is 5.32 Å². The molecular weight excluding hydrogens is 426 g/mol. The molecule has 5 rings (SSSR count). The Labute approximate surface area is 190 Å². The number of aryl methyl sites for hydroxylation is 1. The summed E-state index contributed by atoms with van der Waals surface area (Å²) in [5.41, 5.74) is 4.48. The molecule has 3 aromatic rings. The van der Waals surface area contributed by atoms with Crippen molar-refractivity contribution in [3.05, 3.63) is 77.2 Å². The van der Waals surface area contributed by atoms with Crippen molar-refractivity contribution in [3.8, 4) is 0 Å². The summed E-state index contributed by atoms with van der Waals surface area (Å²) in [5, 5.41) is 11.4. The molecule has 1 aliphatic carbocycles. The van der Waals surface area contributed by atoms with Gasteiger partial charge in [0.15, 0.2) is 5.76 Å². The van der Waals surface area contributed by atoms with Crippen molar-refractivity contribution in [3.63, 3.8) is 0 Å². The quantitative estimate of drug-likeness (QED) is 0.427. The lowest BCUT2D eigenvalue weighted by Crippen LogP contribution is -2.21. The Bertz CT molecular complexity index is 1120. The summed E-state index contributed by atoms with van der Waals surface area (Å²) in [6.45, 7) is 2.02. The summed E-state index contributed by atoms with van der Waals surface area (Å²) in [6, 6.07) is 16.9. The molecule has 1 spiro atoms. The highest BCUT2D eigenvalue weighted by molar-refractivity contribution is 8.20. The molecule has 158 valence electrons. The van der Waals surface area contributed by atoms with Crippen LogP contribution in [0, 0.1) is 6.92 Å². The number of hydrogen-bond acceptors (Lipinski definition) is 6. The van der Waals surface area contributed by atoms with Crippen LogP contribution in [0.15, 0.2) is 69.2 Å².